The molecule has 0 spiro atoms. The van der Waals surface area contributed by atoms with Gasteiger partial charge in [-0.1, -0.05) is 29.8 Å². The summed E-state index contributed by atoms with van der Waals surface area (Å²) in [6, 6.07) is 21.4. The van der Waals surface area contributed by atoms with Crippen LogP contribution in [0.15, 0.2) is 72.8 Å². The van der Waals surface area contributed by atoms with Crippen molar-refractivity contribution in [2.24, 2.45) is 5.92 Å². The first-order valence-electron chi connectivity index (χ1n) is 10.7. The van der Waals surface area contributed by atoms with Crippen molar-refractivity contribution in [1.82, 2.24) is 0 Å². The molecule has 1 heterocycles. The molecule has 0 aromatic heterocycles. The van der Waals surface area contributed by atoms with Crippen LogP contribution in [-0.2, 0) is 9.59 Å². The number of carbonyl (C=O) groups excluding carboxylic acids is 3. The molecule has 1 aliphatic heterocycles. The van der Waals surface area contributed by atoms with E-state index in [9.17, 15) is 14.4 Å². The average Bonchev–Trinajstić information content (AvgIpc) is 3.22. The number of nitrogens with one attached hydrogen (secondary N) is 2. The van der Waals surface area contributed by atoms with Crippen molar-refractivity contribution in [2.45, 2.75) is 13.3 Å². The average molecular weight is 444 g/mol. The number of methoxy groups -OCH3 is 1. The maximum absolute atomic E-state index is 13.0. The molecule has 1 fully saturated rings. The van der Waals surface area contributed by atoms with Gasteiger partial charge in [-0.3, -0.25) is 14.4 Å². The summed E-state index contributed by atoms with van der Waals surface area (Å²) in [5.41, 5.74) is 3.22. The van der Waals surface area contributed by atoms with Gasteiger partial charge in [-0.2, -0.15) is 0 Å². The Kier molecular flexibility index (Phi) is 6.40. The van der Waals surface area contributed by atoms with E-state index >= 15 is 0 Å². The molecule has 1 aliphatic rings. The lowest BCUT2D eigenvalue weighted by molar-refractivity contribution is -0.122. The van der Waals surface area contributed by atoms with Crippen molar-refractivity contribution in [1.29, 1.82) is 0 Å². The smallest absolute Gasteiger partial charge is 0.257 e. The van der Waals surface area contributed by atoms with Crippen LogP contribution in [0.4, 0.5) is 17.1 Å². The Labute approximate surface area is 192 Å². The molecule has 33 heavy (non-hydrogen) atoms. The Morgan fingerprint density at radius 2 is 1.64 bits per heavy atom. The second kappa shape index (κ2) is 9.56. The molecule has 3 aromatic carbocycles. The van der Waals surface area contributed by atoms with E-state index in [2.05, 4.69) is 10.6 Å². The number of benzene rings is 3. The quantitative estimate of drug-likeness (QED) is 0.596. The molecule has 4 rings (SSSR count). The van der Waals surface area contributed by atoms with E-state index in [1.165, 1.54) is 0 Å². The summed E-state index contributed by atoms with van der Waals surface area (Å²) >= 11 is 0. The van der Waals surface area contributed by atoms with E-state index in [0.717, 1.165) is 11.3 Å². The lowest BCUT2D eigenvalue weighted by Gasteiger charge is -2.17. The van der Waals surface area contributed by atoms with Crippen LogP contribution < -0.4 is 20.3 Å². The second-order valence-electron chi connectivity index (χ2n) is 7.96. The summed E-state index contributed by atoms with van der Waals surface area (Å²) in [4.78, 5) is 40.0. The Bertz CT molecular complexity index is 1170. The number of amides is 3. The molecule has 168 valence electrons. The summed E-state index contributed by atoms with van der Waals surface area (Å²) in [6.07, 6.45) is 0.125. The normalized spacial score (nSPS) is 15.3. The number of nitrogens with zero attached hydrogens (tertiary/aromatic N) is 1. The fourth-order valence-electron chi connectivity index (χ4n) is 3.76. The van der Waals surface area contributed by atoms with E-state index in [4.69, 9.17) is 4.74 Å². The molecule has 0 unspecified atom stereocenters. The van der Waals surface area contributed by atoms with Crippen molar-refractivity contribution in [3.05, 3.63) is 83.9 Å². The summed E-state index contributed by atoms with van der Waals surface area (Å²) in [6.45, 7) is 2.28. The van der Waals surface area contributed by atoms with Gasteiger partial charge in [-0.25, -0.2) is 0 Å². The van der Waals surface area contributed by atoms with Gasteiger partial charge in [0.2, 0.25) is 11.8 Å². The summed E-state index contributed by atoms with van der Waals surface area (Å²) in [7, 11) is 1.57. The fraction of sp³-hybridized carbons (Fsp3) is 0.192. The van der Waals surface area contributed by atoms with E-state index in [0.29, 0.717) is 29.2 Å². The van der Waals surface area contributed by atoms with Crippen LogP contribution in [0.2, 0.25) is 0 Å². The number of rotatable bonds is 6. The highest BCUT2D eigenvalue weighted by atomic mass is 16.5. The molecular formula is C26H25N3O4. The van der Waals surface area contributed by atoms with Crippen molar-refractivity contribution >= 4 is 34.8 Å². The monoisotopic (exact) mass is 443 g/mol. The SMILES string of the molecule is COc1ccc(NC(=O)c2ccccc2NC(=O)[C@@H]2CC(=O)N(c3ccc(C)cc3)C2)cc1. The van der Waals surface area contributed by atoms with Gasteiger partial charge >= 0.3 is 0 Å². The number of carbonyl (C=O) groups is 3. The Balaban J connectivity index is 1.45. The third-order valence-corrected chi connectivity index (χ3v) is 5.62. The highest BCUT2D eigenvalue weighted by Crippen LogP contribution is 2.27. The Hall–Kier alpha value is -4.13. The molecule has 0 bridgehead atoms. The van der Waals surface area contributed by atoms with Gasteiger partial charge in [0.1, 0.15) is 5.75 Å². The first-order valence-corrected chi connectivity index (χ1v) is 10.7. The minimum absolute atomic E-state index is 0.0930. The number of hydrogen-bond donors (Lipinski definition) is 2. The molecule has 0 saturated carbocycles. The van der Waals surface area contributed by atoms with E-state index in [-0.39, 0.29) is 24.1 Å². The van der Waals surface area contributed by atoms with Crippen molar-refractivity contribution in [2.75, 3.05) is 29.2 Å². The molecule has 0 aliphatic carbocycles. The van der Waals surface area contributed by atoms with Crippen molar-refractivity contribution in [3.8, 4) is 5.75 Å². The maximum Gasteiger partial charge on any atom is 0.257 e. The minimum atomic E-state index is -0.503. The van der Waals surface area contributed by atoms with Crippen LogP contribution in [-0.4, -0.2) is 31.4 Å². The topological polar surface area (TPSA) is 87.7 Å². The third kappa shape index (κ3) is 5.03. The lowest BCUT2D eigenvalue weighted by Crippen LogP contribution is -2.28. The van der Waals surface area contributed by atoms with Gasteiger partial charge in [-0.15, -0.1) is 0 Å². The van der Waals surface area contributed by atoms with Crippen LogP contribution in [0.1, 0.15) is 22.3 Å². The summed E-state index contributed by atoms with van der Waals surface area (Å²) in [5.74, 6) is -0.546. The summed E-state index contributed by atoms with van der Waals surface area (Å²) < 4.78 is 5.13. The molecule has 0 radical (unpaired) electrons. The first kappa shape index (κ1) is 22.1. The molecule has 7 heteroatoms. The van der Waals surface area contributed by atoms with Crippen molar-refractivity contribution < 1.29 is 19.1 Å². The Morgan fingerprint density at radius 3 is 2.33 bits per heavy atom. The number of hydrogen-bond acceptors (Lipinski definition) is 4. The number of ether oxygens (including phenoxy) is 1. The highest BCUT2D eigenvalue weighted by Gasteiger charge is 2.35. The van der Waals surface area contributed by atoms with Gasteiger partial charge in [0, 0.05) is 24.3 Å². The second-order valence-corrected chi connectivity index (χ2v) is 7.96. The number of aryl methyl sites for hydroxylation is 1. The molecule has 1 atom stereocenters. The molecule has 7 nitrogen and oxygen atoms in total. The van der Waals surface area contributed by atoms with Gasteiger partial charge < -0.3 is 20.3 Å². The number of para-hydroxylation sites is 1. The lowest BCUT2D eigenvalue weighted by atomic mass is 10.1. The van der Waals surface area contributed by atoms with Gasteiger partial charge in [0.05, 0.1) is 24.3 Å². The molecule has 3 aromatic rings. The maximum atomic E-state index is 13.0. The van der Waals surface area contributed by atoms with E-state index < -0.39 is 5.92 Å². The van der Waals surface area contributed by atoms with Crippen LogP contribution in [0.3, 0.4) is 0 Å². The highest BCUT2D eigenvalue weighted by molar-refractivity contribution is 6.11. The van der Waals surface area contributed by atoms with Crippen molar-refractivity contribution in [3.63, 3.8) is 0 Å². The molecule has 3 amide bonds. The Morgan fingerprint density at radius 1 is 0.939 bits per heavy atom. The summed E-state index contributed by atoms with van der Waals surface area (Å²) in [5, 5.41) is 5.67. The van der Waals surface area contributed by atoms with Crippen LogP contribution in [0, 0.1) is 12.8 Å². The minimum Gasteiger partial charge on any atom is -0.497 e. The zero-order valence-electron chi connectivity index (χ0n) is 18.5. The zero-order chi connectivity index (χ0) is 23.4. The zero-order valence-corrected chi connectivity index (χ0v) is 18.5. The predicted octanol–water partition coefficient (Wildman–Crippen LogP) is 4.25. The number of anilines is 3. The van der Waals surface area contributed by atoms with E-state index in [1.807, 2.05) is 31.2 Å². The predicted molar refractivity (Wildman–Crippen MR) is 128 cm³/mol. The standard InChI is InChI=1S/C26H25N3O4/c1-17-7-11-20(12-8-17)29-16-18(15-24(29)30)25(31)28-23-6-4-3-5-22(23)26(32)27-19-9-13-21(33-2)14-10-19/h3-14,18H,15-16H2,1-2H3,(H,27,32)(H,28,31)/t18-/m1/s1. The molecular weight excluding hydrogens is 418 g/mol. The van der Waals surface area contributed by atoms with Gasteiger partial charge in [0.15, 0.2) is 0 Å². The third-order valence-electron chi connectivity index (χ3n) is 5.62. The van der Waals surface area contributed by atoms with Gasteiger partial charge in [-0.05, 0) is 55.5 Å². The molecule has 1 saturated heterocycles. The van der Waals surface area contributed by atoms with Crippen LogP contribution >= 0.6 is 0 Å². The largest absolute Gasteiger partial charge is 0.497 e. The van der Waals surface area contributed by atoms with Crippen LogP contribution in [0.25, 0.3) is 0 Å². The first-order chi connectivity index (χ1) is 15.9. The van der Waals surface area contributed by atoms with Gasteiger partial charge in [0.25, 0.3) is 5.91 Å². The fourth-order valence-corrected chi connectivity index (χ4v) is 3.76. The van der Waals surface area contributed by atoms with E-state index in [1.54, 1.807) is 60.5 Å². The van der Waals surface area contributed by atoms with Crippen LogP contribution in [0.5, 0.6) is 5.75 Å². The molecule has 2 N–H and O–H groups in total.